The molecule has 0 radical (unpaired) electrons. The zero-order valence-electron chi connectivity index (χ0n) is 15.0. The number of para-hydroxylation sites is 1. The molecule has 2 aromatic carbocycles. The molecule has 2 aromatic rings. The monoisotopic (exact) mass is 395 g/mol. The van der Waals surface area contributed by atoms with E-state index in [4.69, 9.17) is 5.73 Å². The molecule has 1 aliphatic rings. The first-order valence-corrected chi connectivity index (χ1v) is 8.50. The summed E-state index contributed by atoms with van der Waals surface area (Å²) in [5.41, 5.74) is 6.60. The lowest BCUT2D eigenvalue weighted by atomic mass is 10.2. The molecular weight excluding hydrogens is 378 g/mol. The Kier molecular flexibility index (Phi) is 5.78. The van der Waals surface area contributed by atoms with Crippen LogP contribution < -0.4 is 21.7 Å². The summed E-state index contributed by atoms with van der Waals surface area (Å²) in [5, 5.41) is 18.6. The number of hydrogen-bond acceptors (Lipinski definition) is 6. The number of nitrogens with zero attached hydrogens (tertiary/aromatic N) is 3. The van der Waals surface area contributed by atoms with Gasteiger partial charge in [0.15, 0.2) is 0 Å². The van der Waals surface area contributed by atoms with Crippen LogP contribution in [0.15, 0.2) is 64.6 Å². The molecule has 1 heterocycles. The van der Waals surface area contributed by atoms with E-state index in [1.807, 2.05) is 18.2 Å². The van der Waals surface area contributed by atoms with Crippen molar-refractivity contribution in [3.8, 4) is 0 Å². The zero-order chi connectivity index (χ0) is 20.8. The summed E-state index contributed by atoms with van der Waals surface area (Å²) in [6.45, 7) is 0. The van der Waals surface area contributed by atoms with Gasteiger partial charge in [0, 0.05) is 23.5 Å². The Balaban J connectivity index is 1.61. The van der Waals surface area contributed by atoms with Crippen LogP contribution in [-0.4, -0.2) is 34.7 Å². The third kappa shape index (κ3) is 5.35. The van der Waals surface area contributed by atoms with E-state index in [1.54, 1.807) is 12.1 Å². The summed E-state index contributed by atoms with van der Waals surface area (Å²) in [6.07, 6.45) is -0.250. The molecule has 0 spiro atoms. The first-order valence-electron chi connectivity index (χ1n) is 8.50. The maximum Gasteiger partial charge on any atom is 0.271 e. The average Bonchev–Trinajstić information content (AvgIpc) is 3.01. The smallest absolute Gasteiger partial charge is 0.271 e. The van der Waals surface area contributed by atoms with Crippen LogP contribution in [0.3, 0.4) is 0 Å². The molecule has 0 aliphatic carbocycles. The minimum absolute atomic E-state index is 0.0101. The van der Waals surface area contributed by atoms with E-state index in [1.165, 1.54) is 24.3 Å². The molecule has 1 aliphatic heterocycles. The summed E-state index contributed by atoms with van der Waals surface area (Å²) in [6, 6.07) is 13.6. The van der Waals surface area contributed by atoms with Crippen LogP contribution in [0.4, 0.5) is 17.1 Å². The van der Waals surface area contributed by atoms with Crippen molar-refractivity contribution in [1.82, 2.24) is 5.32 Å². The summed E-state index contributed by atoms with van der Waals surface area (Å²) in [7, 11) is 0. The molecule has 29 heavy (non-hydrogen) atoms. The SMILES string of the molecule is NC(=NC1=N[C@@H](CC(=O)Nc2cccc([N+](=O)[O-])c2)C(=O)N1)Nc1ccccc1. The lowest BCUT2D eigenvalue weighted by Crippen LogP contribution is -2.32. The lowest BCUT2D eigenvalue weighted by Gasteiger charge is -2.06. The van der Waals surface area contributed by atoms with E-state index in [0.29, 0.717) is 5.69 Å². The number of hydrogen-bond donors (Lipinski definition) is 4. The highest BCUT2D eigenvalue weighted by Crippen LogP contribution is 2.18. The summed E-state index contributed by atoms with van der Waals surface area (Å²) in [5.74, 6) is -0.999. The number of amides is 2. The maximum absolute atomic E-state index is 12.2. The number of nitrogens with one attached hydrogen (secondary N) is 3. The fraction of sp³-hybridized carbons (Fsp3) is 0.111. The first-order chi connectivity index (χ1) is 13.9. The molecule has 0 saturated heterocycles. The van der Waals surface area contributed by atoms with E-state index in [0.717, 1.165) is 0 Å². The third-order valence-electron chi connectivity index (χ3n) is 3.81. The molecule has 5 N–H and O–H groups in total. The van der Waals surface area contributed by atoms with Gasteiger partial charge >= 0.3 is 0 Å². The van der Waals surface area contributed by atoms with E-state index >= 15 is 0 Å². The molecule has 2 amide bonds. The van der Waals surface area contributed by atoms with E-state index in [-0.39, 0.29) is 29.7 Å². The van der Waals surface area contributed by atoms with Gasteiger partial charge in [0.05, 0.1) is 11.3 Å². The number of carbonyl (C=O) groups is 2. The predicted octanol–water partition coefficient (Wildman–Crippen LogP) is 1.20. The number of nitro benzene ring substituents is 1. The van der Waals surface area contributed by atoms with Gasteiger partial charge in [-0.2, -0.15) is 4.99 Å². The summed E-state index contributed by atoms with van der Waals surface area (Å²) in [4.78, 5) is 42.5. The second-order valence-electron chi connectivity index (χ2n) is 6.01. The Hall–Kier alpha value is -4.28. The fourth-order valence-electron chi connectivity index (χ4n) is 2.52. The van der Waals surface area contributed by atoms with Crippen molar-refractivity contribution in [3.05, 3.63) is 64.7 Å². The molecule has 3 rings (SSSR count). The number of nitro groups is 1. The van der Waals surface area contributed by atoms with Crippen molar-refractivity contribution in [2.75, 3.05) is 10.6 Å². The highest BCUT2D eigenvalue weighted by molar-refractivity contribution is 6.11. The number of anilines is 2. The predicted molar refractivity (Wildman–Crippen MR) is 107 cm³/mol. The maximum atomic E-state index is 12.2. The highest BCUT2D eigenvalue weighted by atomic mass is 16.6. The van der Waals surface area contributed by atoms with E-state index < -0.39 is 22.8 Å². The molecule has 0 fully saturated rings. The quantitative estimate of drug-likeness (QED) is 0.257. The largest absolute Gasteiger partial charge is 0.369 e. The molecule has 1 atom stereocenters. The van der Waals surface area contributed by atoms with Crippen LogP contribution in [0, 0.1) is 10.1 Å². The highest BCUT2D eigenvalue weighted by Gasteiger charge is 2.28. The average molecular weight is 395 g/mol. The number of guanidine groups is 2. The first kappa shape index (κ1) is 19.5. The Morgan fingerprint density at radius 2 is 1.90 bits per heavy atom. The standard InChI is InChI=1S/C18H17N7O4/c19-17(21-11-5-2-1-3-6-11)24-18-22-14(16(27)23-18)10-15(26)20-12-7-4-8-13(9-12)25(28)29/h1-9,14H,10H2,(H,20,26)(H4,19,21,22,23,24,27)/t14-/m0/s1. The van der Waals surface area contributed by atoms with Crippen molar-refractivity contribution >= 4 is 40.8 Å². The topological polar surface area (TPSA) is 164 Å². The van der Waals surface area contributed by atoms with Gasteiger partial charge in [-0.05, 0) is 18.2 Å². The number of rotatable bonds is 5. The van der Waals surface area contributed by atoms with Gasteiger partial charge in [-0.15, -0.1) is 0 Å². The molecule has 0 aromatic heterocycles. The summed E-state index contributed by atoms with van der Waals surface area (Å²) < 4.78 is 0. The van der Waals surface area contributed by atoms with Crippen molar-refractivity contribution in [1.29, 1.82) is 0 Å². The van der Waals surface area contributed by atoms with Gasteiger partial charge in [-0.25, -0.2) is 4.99 Å². The number of non-ortho nitro benzene ring substituents is 1. The van der Waals surface area contributed by atoms with Gasteiger partial charge in [-0.3, -0.25) is 25.0 Å². The van der Waals surface area contributed by atoms with Crippen LogP contribution >= 0.6 is 0 Å². The molecule has 11 heteroatoms. The van der Waals surface area contributed by atoms with Crippen LogP contribution in [0.1, 0.15) is 6.42 Å². The van der Waals surface area contributed by atoms with Crippen LogP contribution in [0.2, 0.25) is 0 Å². The zero-order valence-corrected chi connectivity index (χ0v) is 15.0. The van der Waals surface area contributed by atoms with Crippen molar-refractivity contribution in [2.45, 2.75) is 12.5 Å². The number of benzene rings is 2. The van der Waals surface area contributed by atoms with Crippen molar-refractivity contribution in [2.24, 2.45) is 15.7 Å². The lowest BCUT2D eigenvalue weighted by molar-refractivity contribution is -0.384. The Bertz CT molecular complexity index is 1000. The minimum Gasteiger partial charge on any atom is -0.369 e. The van der Waals surface area contributed by atoms with Crippen molar-refractivity contribution < 1.29 is 14.5 Å². The molecule has 0 bridgehead atoms. The summed E-state index contributed by atoms with van der Waals surface area (Å²) >= 11 is 0. The Morgan fingerprint density at radius 3 is 2.62 bits per heavy atom. The van der Waals surface area contributed by atoms with Gasteiger partial charge in [0.2, 0.25) is 17.8 Å². The van der Waals surface area contributed by atoms with Gasteiger partial charge < -0.3 is 16.4 Å². The van der Waals surface area contributed by atoms with Gasteiger partial charge in [0.1, 0.15) is 6.04 Å². The van der Waals surface area contributed by atoms with E-state index in [9.17, 15) is 19.7 Å². The van der Waals surface area contributed by atoms with Crippen LogP contribution in [0.5, 0.6) is 0 Å². The molecule has 11 nitrogen and oxygen atoms in total. The van der Waals surface area contributed by atoms with Gasteiger partial charge in [0.25, 0.3) is 11.6 Å². The number of carbonyl (C=O) groups excluding carboxylic acids is 2. The third-order valence-corrected chi connectivity index (χ3v) is 3.81. The Labute approximate surface area is 164 Å². The minimum atomic E-state index is -0.975. The number of nitrogens with two attached hydrogens (primary N) is 1. The van der Waals surface area contributed by atoms with Crippen LogP contribution in [0.25, 0.3) is 0 Å². The second-order valence-corrected chi connectivity index (χ2v) is 6.01. The van der Waals surface area contributed by atoms with Crippen LogP contribution in [-0.2, 0) is 9.59 Å². The molecular formula is C18H17N7O4. The fourth-order valence-corrected chi connectivity index (χ4v) is 2.52. The van der Waals surface area contributed by atoms with E-state index in [2.05, 4.69) is 25.9 Å². The van der Waals surface area contributed by atoms with Gasteiger partial charge in [-0.1, -0.05) is 24.3 Å². The Morgan fingerprint density at radius 1 is 1.17 bits per heavy atom. The molecule has 0 unspecified atom stereocenters. The van der Waals surface area contributed by atoms with Crippen molar-refractivity contribution in [3.63, 3.8) is 0 Å². The number of aliphatic imine (C=N–C) groups is 2. The second kappa shape index (κ2) is 8.61. The normalized spacial score (nSPS) is 16.0. The molecule has 0 saturated carbocycles. The molecule has 148 valence electrons.